The van der Waals surface area contributed by atoms with Crippen molar-refractivity contribution in [1.82, 2.24) is 10.6 Å². The van der Waals surface area contributed by atoms with Gasteiger partial charge in [-0.1, -0.05) is 35.3 Å². The summed E-state index contributed by atoms with van der Waals surface area (Å²) < 4.78 is 0. The molecule has 5 nitrogen and oxygen atoms in total. The summed E-state index contributed by atoms with van der Waals surface area (Å²) in [6.07, 6.45) is 0. The summed E-state index contributed by atoms with van der Waals surface area (Å²) in [5.41, 5.74) is 0.407. The second-order valence-corrected chi connectivity index (χ2v) is 4.92. The zero-order chi connectivity index (χ0) is 15.3. The first kappa shape index (κ1) is 16.3. The van der Waals surface area contributed by atoms with Crippen molar-refractivity contribution in [2.24, 2.45) is 0 Å². The number of carbonyl (C=O) groups is 2. The molecule has 0 saturated carbocycles. The first-order chi connectivity index (χ1) is 9.36. The van der Waals surface area contributed by atoms with Crippen LogP contribution in [0.4, 0.5) is 0 Å². The van der Waals surface area contributed by atoms with Crippen LogP contribution < -0.4 is 10.6 Å². The van der Waals surface area contributed by atoms with Crippen molar-refractivity contribution < 1.29 is 9.59 Å². The van der Waals surface area contributed by atoms with Crippen LogP contribution in [0.15, 0.2) is 18.2 Å². The second kappa shape index (κ2) is 7.13. The molecule has 1 aromatic carbocycles. The van der Waals surface area contributed by atoms with Crippen LogP contribution in [0.5, 0.6) is 0 Å². The van der Waals surface area contributed by atoms with Gasteiger partial charge in [0.15, 0.2) is 0 Å². The molecule has 0 unspecified atom stereocenters. The molecule has 0 spiro atoms. The van der Waals surface area contributed by atoms with Crippen molar-refractivity contribution >= 4 is 35.0 Å². The number of nitrogens with one attached hydrogen (secondary N) is 2. The molecular formula is C13H13Cl2N3O2. The lowest BCUT2D eigenvalue weighted by atomic mass is 10.1. The van der Waals surface area contributed by atoms with Crippen molar-refractivity contribution in [3.63, 3.8) is 0 Å². The third-order valence-electron chi connectivity index (χ3n) is 2.52. The van der Waals surface area contributed by atoms with E-state index in [4.69, 9.17) is 28.5 Å². The van der Waals surface area contributed by atoms with Gasteiger partial charge in [-0.25, -0.2) is 0 Å². The fourth-order valence-electron chi connectivity index (χ4n) is 1.56. The monoisotopic (exact) mass is 313 g/mol. The van der Waals surface area contributed by atoms with Gasteiger partial charge in [0.25, 0.3) is 0 Å². The third kappa shape index (κ3) is 4.12. The van der Waals surface area contributed by atoms with E-state index < -0.39 is 18.0 Å². The SMILES string of the molecule is CC(=O)N[C@@H](C)C(=O)N[C@@H](C#N)c1cccc(Cl)c1Cl. The molecule has 1 aromatic rings. The highest BCUT2D eigenvalue weighted by molar-refractivity contribution is 6.42. The summed E-state index contributed by atoms with van der Waals surface area (Å²) in [7, 11) is 0. The van der Waals surface area contributed by atoms with E-state index in [0.717, 1.165) is 0 Å². The lowest BCUT2D eigenvalue weighted by molar-refractivity contribution is -0.127. The van der Waals surface area contributed by atoms with Gasteiger partial charge >= 0.3 is 0 Å². The summed E-state index contributed by atoms with van der Waals surface area (Å²) in [6.45, 7) is 2.82. The fourth-order valence-corrected chi connectivity index (χ4v) is 1.98. The van der Waals surface area contributed by atoms with Crippen molar-refractivity contribution in [1.29, 1.82) is 5.26 Å². The van der Waals surface area contributed by atoms with Crippen LogP contribution in [0.3, 0.4) is 0 Å². The molecule has 0 aliphatic carbocycles. The smallest absolute Gasteiger partial charge is 0.243 e. The highest BCUT2D eigenvalue weighted by atomic mass is 35.5. The van der Waals surface area contributed by atoms with Crippen molar-refractivity contribution in [3.8, 4) is 6.07 Å². The Morgan fingerprint density at radius 2 is 1.95 bits per heavy atom. The quantitative estimate of drug-likeness (QED) is 0.894. The number of hydrogen-bond donors (Lipinski definition) is 2. The number of hydrogen-bond acceptors (Lipinski definition) is 3. The Labute approximate surface area is 126 Å². The van der Waals surface area contributed by atoms with Gasteiger partial charge in [-0.05, 0) is 13.0 Å². The molecule has 1 rings (SSSR count). The van der Waals surface area contributed by atoms with E-state index in [1.54, 1.807) is 18.2 Å². The van der Waals surface area contributed by atoms with Crippen LogP contribution >= 0.6 is 23.2 Å². The molecular weight excluding hydrogens is 301 g/mol. The first-order valence-electron chi connectivity index (χ1n) is 5.77. The lowest BCUT2D eigenvalue weighted by Crippen LogP contribution is -2.45. The lowest BCUT2D eigenvalue weighted by Gasteiger charge is -2.17. The van der Waals surface area contributed by atoms with Crippen LogP contribution in [0.1, 0.15) is 25.5 Å². The standard InChI is InChI=1S/C13H13Cl2N3O2/c1-7(17-8(2)19)13(20)18-11(6-16)9-4-3-5-10(14)12(9)15/h3-5,7,11H,1-2H3,(H,17,19)(H,18,20)/t7-,11-/m0/s1. The minimum absolute atomic E-state index is 0.216. The van der Waals surface area contributed by atoms with Crippen LogP contribution in [0, 0.1) is 11.3 Å². The molecule has 0 bridgehead atoms. The van der Waals surface area contributed by atoms with Gasteiger partial charge in [0.1, 0.15) is 12.1 Å². The molecule has 2 amide bonds. The molecule has 0 radical (unpaired) electrons. The van der Waals surface area contributed by atoms with Gasteiger partial charge in [0.2, 0.25) is 11.8 Å². The first-order valence-corrected chi connectivity index (χ1v) is 6.53. The molecule has 0 aliphatic rings. The van der Waals surface area contributed by atoms with E-state index in [-0.39, 0.29) is 10.9 Å². The summed E-state index contributed by atoms with van der Waals surface area (Å²) in [6, 6.07) is 5.07. The number of halogens is 2. The Morgan fingerprint density at radius 3 is 2.50 bits per heavy atom. The van der Waals surface area contributed by atoms with Gasteiger partial charge < -0.3 is 10.6 Å². The molecule has 0 heterocycles. The van der Waals surface area contributed by atoms with E-state index in [1.165, 1.54) is 13.8 Å². The predicted octanol–water partition coefficient (Wildman–Crippen LogP) is 2.20. The molecule has 2 N–H and O–H groups in total. The van der Waals surface area contributed by atoms with E-state index in [9.17, 15) is 9.59 Å². The van der Waals surface area contributed by atoms with Crippen LogP contribution in [-0.2, 0) is 9.59 Å². The van der Waals surface area contributed by atoms with Crippen LogP contribution in [-0.4, -0.2) is 17.9 Å². The Kier molecular flexibility index (Phi) is 5.81. The third-order valence-corrected chi connectivity index (χ3v) is 3.35. The minimum atomic E-state index is -0.940. The molecule has 2 atom stereocenters. The summed E-state index contributed by atoms with van der Waals surface area (Å²) >= 11 is 11.9. The van der Waals surface area contributed by atoms with Crippen LogP contribution in [0.2, 0.25) is 10.0 Å². The van der Waals surface area contributed by atoms with Crippen LogP contribution in [0.25, 0.3) is 0 Å². The average molecular weight is 314 g/mol. The Bertz CT molecular complexity index is 569. The number of amides is 2. The van der Waals surface area contributed by atoms with E-state index >= 15 is 0 Å². The maximum Gasteiger partial charge on any atom is 0.243 e. The Hall–Kier alpha value is -1.77. The summed E-state index contributed by atoms with van der Waals surface area (Å²) in [5.74, 6) is -0.815. The summed E-state index contributed by atoms with van der Waals surface area (Å²) in [5, 5.41) is 14.6. The van der Waals surface area contributed by atoms with Crippen molar-refractivity contribution in [2.45, 2.75) is 25.9 Å². The average Bonchev–Trinajstić information content (AvgIpc) is 2.38. The molecule has 20 heavy (non-hydrogen) atoms. The van der Waals surface area contributed by atoms with Gasteiger partial charge in [-0.3, -0.25) is 9.59 Å². The maximum absolute atomic E-state index is 11.9. The molecule has 7 heteroatoms. The number of nitriles is 1. The van der Waals surface area contributed by atoms with E-state index in [1.807, 2.05) is 6.07 Å². The summed E-state index contributed by atoms with van der Waals surface area (Å²) in [4.78, 5) is 22.8. The number of nitrogens with zero attached hydrogens (tertiary/aromatic N) is 1. The fraction of sp³-hybridized carbons (Fsp3) is 0.308. The van der Waals surface area contributed by atoms with E-state index in [2.05, 4.69) is 10.6 Å². The zero-order valence-corrected chi connectivity index (χ0v) is 12.4. The Balaban J connectivity index is 2.88. The Morgan fingerprint density at radius 1 is 1.30 bits per heavy atom. The predicted molar refractivity (Wildman–Crippen MR) is 76.2 cm³/mol. The van der Waals surface area contributed by atoms with E-state index in [0.29, 0.717) is 10.6 Å². The minimum Gasteiger partial charge on any atom is -0.345 e. The molecule has 0 fully saturated rings. The second-order valence-electron chi connectivity index (χ2n) is 4.14. The van der Waals surface area contributed by atoms with Crippen molar-refractivity contribution in [3.05, 3.63) is 33.8 Å². The highest BCUT2D eigenvalue weighted by Gasteiger charge is 2.21. The zero-order valence-electron chi connectivity index (χ0n) is 10.9. The highest BCUT2D eigenvalue weighted by Crippen LogP contribution is 2.29. The van der Waals surface area contributed by atoms with Gasteiger partial charge in [0.05, 0.1) is 16.1 Å². The normalized spacial score (nSPS) is 12.9. The molecule has 0 aliphatic heterocycles. The molecule has 0 aromatic heterocycles. The van der Waals surface area contributed by atoms with Gasteiger partial charge in [-0.15, -0.1) is 0 Å². The molecule has 106 valence electrons. The topological polar surface area (TPSA) is 82.0 Å². The van der Waals surface area contributed by atoms with Gasteiger partial charge in [0, 0.05) is 12.5 Å². The largest absolute Gasteiger partial charge is 0.345 e. The maximum atomic E-state index is 11.9. The number of benzene rings is 1. The number of rotatable bonds is 4. The van der Waals surface area contributed by atoms with Gasteiger partial charge in [-0.2, -0.15) is 5.26 Å². The van der Waals surface area contributed by atoms with Crippen molar-refractivity contribution in [2.75, 3.05) is 0 Å². The molecule has 0 saturated heterocycles. The number of carbonyl (C=O) groups excluding carboxylic acids is 2.